The summed E-state index contributed by atoms with van der Waals surface area (Å²) in [5.41, 5.74) is 1.90. The molecule has 8 nitrogen and oxygen atoms in total. The van der Waals surface area contributed by atoms with E-state index in [1.807, 2.05) is 0 Å². The monoisotopic (exact) mass is 452 g/mol. The molecule has 1 aliphatic rings. The van der Waals surface area contributed by atoms with E-state index in [4.69, 9.17) is 4.74 Å². The van der Waals surface area contributed by atoms with Crippen LogP contribution < -0.4 is 0 Å². The predicted octanol–water partition coefficient (Wildman–Crippen LogP) is 2.72. The molecule has 3 rings (SSSR count). The van der Waals surface area contributed by atoms with Crippen LogP contribution in [0.25, 0.3) is 0 Å². The number of aromatic amines is 1. The second-order valence-electron chi connectivity index (χ2n) is 7.32. The molecule has 0 spiro atoms. The summed E-state index contributed by atoms with van der Waals surface area (Å²) in [6.45, 7) is 4.85. The molecule has 1 aliphatic heterocycles. The number of ketones is 2. The van der Waals surface area contributed by atoms with Crippen LogP contribution in [0.2, 0.25) is 0 Å². The second kappa shape index (κ2) is 8.83. The van der Waals surface area contributed by atoms with Crippen molar-refractivity contribution in [3.8, 4) is 0 Å². The Morgan fingerprint density at radius 2 is 1.90 bits per heavy atom. The van der Waals surface area contributed by atoms with Gasteiger partial charge in [0.25, 0.3) is 10.0 Å². The van der Waals surface area contributed by atoms with Gasteiger partial charge in [-0.25, -0.2) is 8.42 Å². The van der Waals surface area contributed by atoms with E-state index in [1.165, 1.54) is 11.2 Å². The van der Waals surface area contributed by atoms with E-state index < -0.39 is 34.3 Å². The highest BCUT2D eigenvalue weighted by atomic mass is 32.2. The van der Waals surface area contributed by atoms with Gasteiger partial charge in [-0.1, -0.05) is 6.07 Å². The highest BCUT2D eigenvalue weighted by Crippen LogP contribution is 2.27. The molecule has 10 heteroatoms. The molecule has 0 unspecified atom stereocenters. The van der Waals surface area contributed by atoms with Crippen molar-refractivity contribution in [1.82, 2.24) is 9.29 Å². The first-order chi connectivity index (χ1) is 14.1. The van der Waals surface area contributed by atoms with Crippen molar-refractivity contribution in [2.75, 3.05) is 19.7 Å². The van der Waals surface area contributed by atoms with Crippen LogP contribution in [0.15, 0.2) is 21.7 Å². The molecule has 1 N–H and O–H groups in total. The molecule has 0 bridgehead atoms. The van der Waals surface area contributed by atoms with Gasteiger partial charge >= 0.3 is 5.97 Å². The number of hydrogen-bond donors (Lipinski definition) is 1. The molecule has 0 saturated carbocycles. The van der Waals surface area contributed by atoms with Crippen molar-refractivity contribution < 1.29 is 27.5 Å². The number of nitrogens with one attached hydrogen (secondary N) is 1. The number of aromatic nitrogens is 1. The number of aryl methyl sites for hydroxylation is 1. The van der Waals surface area contributed by atoms with Gasteiger partial charge in [0.1, 0.15) is 4.21 Å². The minimum atomic E-state index is -3.53. The molecule has 2 aromatic heterocycles. The summed E-state index contributed by atoms with van der Waals surface area (Å²) >= 11 is 1.16. The standard InChI is InChI=1S/C20H24N2O6S2/c1-12-18(14(3)23)13(2)21-19(12)16(24)11-28-20(25)15-6-8-22(9-7-15)30(26,27)17-5-4-10-29-17/h4-5,10,15,21H,6-9,11H2,1-3H3. The Morgan fingerprint density at radius 1 is 1.23 bits per heavy atom. The third-order valence-corrected chi connectivity index (χ3v) is 8.56. The first kappa shape index (κ1) is 22.4. The Morgan fingerprint density at radius 3 is 2.43 bits per heavy atom. The topological polar surface area (TPSA) is 114 Å². The van der Waals surface area contributed by atoms with Crippen LogP contribution in [0.3, 0.4) is 0 Å². The highest BCUT2D eigenvalue weighted by molar-refractivity contribution is 7.91. The number of ether oxygens (including phenoxy) is 1. The van der Waals surface area contributed by atoms with E-state index in [0.29, 0.717) is 29.7 Å². The van der Waals surface area contributed by atoms with Gasteiger partial charge in [-0.05, 0) is 50.6 Å². The third-order valence-electron chi connectivity index (χ3n) is 5.29. The average Bonchev–Trinajstić information content (AvgIpc) is 3.34. The molecule has 30 heavy (non-hydrogen) atoms. The lowest BCUT2D eigenvalue weighted by Crippen LogP contribution is -2.40. The van der Waals surface area contributed by atoms with E-state index in [1.54, 1.807) is 31.4 Å². The van der Waals surface area contributed by atoms with Gasteiger partial charge in [-0.2, -0.15) is 4.31 Å². The second-order valence-corrected chi connectivity index (χ2v) is 10.4. The number of carbonyl (C=O) groups is 3. The highest BCUT2D eigenvalue weighted by Gasteiger charge is 2.33. The smallest absolute Gasteiger partial charge is 0.309 e. The van der Waals surface area contributed by atoms with Crippen LogP contribution >= 0.6 is 11.3 Å². The zero-order valence-corrected chi connectivity index (χ0v) is 18.7. The minimum absolute atomic E-state index is 0.137. The number of sulfonamides is 1. The maximum atomic E-state index is 12.6. The van der Waals surface area contributed by atoms with Crippen molar-refractivity contribution in [2.24, 2.45) is 5.92 Å². The summed E-state index contributed by atoms with van der Waals surface area (Å²) < 4.78 is 32.0. The van der Waals surface area contributed by atoms with E-state index in [2.05, 4.69) is 4.98 Å². The zero-order valence-electron chi connectivity index (χ0n) is 17.1. The zero-order chi connectivity index (χ0) is 22.1. The summed E-state index contributed by atoms with van der Waals surface area (Å²) in [6, 6.07) is 3.25. The fraction of sp³-hybridized carbons (Fsp3) is 0.450. The Kier molecular flexibility index (Phi) is 6.59. The number of H-pyrrole nitrogens is 1. The van der Waals surface area contributed by atoms with Crippen molar-refractivity contribution in [1.29, 1.82) is 0 Å². The van der Waals surface area contributed by atoms with Crippen molar-refractivity contribution in [3.05, 3.63) is 40.0 Å². The Balaban J connectivity index is 1.55. The maximum Gasteiger partial charge on any atom is 0.309 e. The maximum absolute atomic E-state index is 12.6. The Bertz CT molecular complexity index is 1060. The SMILES string of the molecule is CC(=O)c1c(C)[nH]c(C(=O)COC(=O)C2CCN(S(=O)(=O)c3cccs3)CC2)c1C. The summed E-state index contributed by atoms with van der Waals surface area (Å²) in [7, 11) is -3.53. The lowest BCUT2D eigenvalue weighted by atomic mass is 9.98. The molecule has 0 atom stereocenters. The Hall–Kier alpha value is -2.30. The number of hydrogen-bond acceptors (Lipinski definition) is 7. The first-order valence-corrected chi connectivity index (χ1v) is 11.9. The van der Waals surface area contributed by atoms with E-state index >= 15 is 0 Å². The number of rotatable bonds is 7. The van der Waals surface area contributed by atoms with Crippen LogP contribution in [-0.4, -0.2) is 54.9 Å². The number of piperidine rings is 1. The quantitative estimate of drug-likeness (QED) is 0.510. The molecular formula is C20H24N2O6S2. The number of thiophene rings is 1. The molecule has 1 fully saturated rings. The molecule has 0 radical (unpaired) electrons. The molecule has 3 heterocycles. The number of esters is 1. The fourth-order valence-electron chi connectivity index (χ4n) is 3.75. The molecule has 0 amide bonds. The predicted molar refractivity (Wildman–Crippen MR) is 111 cm³/mol. The van der Waals surface area contributed by atoms with Gasteiger partial charge in [0.05, 0.1) is 11.6 Å². The number of Topliss-reactive ketones (excluding diaryl/α,β-unsaturated/α-hetero) is 2. The number of carbonyl (C=O) groups excluding carboxylic acids is 3. The van der Waals surface area contributed by atoms with E-state index in [9.17, 15) is 22.8 Å². The van der Waals surface area contributed by atoms with E-state index in [-0.39, 0.29) is 28.8 Å². The van der Waals surface area contributed by atoms with Crippen molar-refractivity contribution in [2.45, 2.75) is 37.8 Å². The van der Waals surface area contributed by atoms with E-state index in [0.717, 1.165) is 11.3 Å². The number of nitrogens with zero attached hydrogens (tertiary/aromatic N) is 1. The average molecular weight is 453 g/mol. The van der Waals surface area contributed by atoms with Gasteiger partial charge in [0.15, 0.2) is 12.4 Å². The van der Waals surface area contributed by atoms with Crippen molar-refractivity contribution >= 4 is 38.9 Å². The molecular weight excluding hydrogens is 428 g/mol. The first-order valence-electron chi connectivity index (χ1n) is 9.56. The lowest BCUT2D eigenvalue weighted by Gasteiger charge is -2.29. The summed E-state index contributed by atoms with van der Waals surface area (Å²) in [6.07, 6.45) is 0.680. The van der Waals surface area contributed by atoms with Crippen LogP contribution in [0, 0.1) is 19.8 Å². The summed E-state index contributed by atoms with van der Waals surface area (Å²) in [4.78, 5) is 39.4. The molecule has 162 valence electrons. The summed E-state index contributed by atoms with van der Waals surface area (Å²) in [5.74, 6) is -1.51. The largest absolute Gasteiger partial charge is 0.457 e. The van der Waals surface area contributed by atoms with Gasteiger partial charge in [-0.3, -0.25) is 14.4 Å². The van der Waals surface area contributed by atoms with Gasteiger partial charge in [-0.15, -0.1) is 11.3 Å². The lowest BCUT2D eigenvalue weighted by molar-refractivity contribution is -0.148. The van der Waals surface area contributed by atoms with Crippen LogP contribution in [0.5, 0.6) is 0 Å². The molecule has 0 aromatic carbocycles. The minimum Gasteiger partial charge on any atom is -0.457 e. The fourth-order valence-corrected chi connectivity index (χ4v) is 6.37. The van der Waals surface area contributed by atoms with Crippen LogP contribution in [-0.2, 0) is 19.6 Å². The molecule has 2 aromatic rings. The van der Waals surface area contributed by atoms with Crippen LogP contribution in [0.1, 0.15) is 51.9 Å². The molecule has 0 aliphatic carbocycles. The summed E-state index contributed by atoms with van der Waals surface area (Å²) in [5, 5.41) is 1.71. The third kappa shape index (κ3) is 4.40. The van der Waals surface area contributed by atoms with Crippen LogP contribution in [0.4, 0.5) is 0 Å². The van der Waals surface area contributed by atoms with Gasteiger partial charge < -0.3 is 9.72 Å². The Labute approximate surface area is 179 Å². The van der Waals surface area contributed by atoms with Gasteiger partial charge in [0, 0.05) is 24.3 Å². The normalized spacial score (nSPS) is 15.8. The van der Waals surface area contributed by atoms with Crippen molar-refractivity contribution in [3.63, 3.8) is 0 Å². The van der Waals surface area contributed by atoms with Gasteiger partial charge in [0.2, 0.25) is 5.78 Å². The molecule has 1 saturated heterocycles.